The van der Waals surface area contributed by atoms with Gasteiger partial charge in [0.15, 0.2) is 11.6 Å². The molecule has 0 amide bonds. The molecule has 0 saturated heterocycles. The largest absolute Gasteiger partial charge is 0.364 e. The van der Waals surface area contributed by atoms with Gasteiger partial charge in [0, 0.05) is 23.5 Å². The van der Waals surface area contributed by atoms with Gasteiger partial charge in [0.2, 0.25) is 0 Å². The summed E-state index contributed by atoms with van der Waals surface area (Å²) >= 11 is 0. The number of rotatable bonds is 4. The molecule has 1 aromatic carbocycles. The molecule has 1 N–H and O–H groups in total. The number of hydrogen-bond acceptors (Lipinski definition) is 3. The van der Waals surface area contributed by atoms with E-state index in [0.717, 1.165) is 36.3 Å². The molecule has 1 aliphatic rings. The molecule has 0 spiro atoms. The summed E-state index contributed by atoms with van der Waals surface area (Å²) in [5.74, 6) is 0.0376. The van der Waals surface area contributed by atoms with Gasteiger partial charge in [-0.15, -0.1) is 0 Å². The molecule has 4 heteroatoms. The van der Waals surface area contributed by atoms with Crippen LogP contribution in [0.2, 0.25) is 0 Å². The Balaban J connectivity index is 1.87. The molecule has 0 radical (unpaired) electrons. The number of carbonyl (C=O) groups is 2. The Hall–Kier alpha value is -2.36. The maximum absolute atomic E-state index is 12.8. The van der Waals surface area contributed by atoms with Gasteiger partial charge in [-0.1, -0.05) is 17.7 Å². The van der Waals surface area contributed by atoms with Crippen molar-refractivity contribution in [1.82, 2.24) is 4.98 Å². The first-order valence-corrected chi connectivity index (χ1v) is 8.46. The molecule has 0 saturated carbocycles. The van der Waals surface area contributed by atoms with Crippen molar-refractivity contribution in [2.75, 3.05) is 18.0 Å². The molecule has 1 aromatic heterocycles. The standard InChI is InChI=1S/C20H24N2O2/c1-12-7-8-17-16(10-12)6-5-9-22(17)11-18(24)20-13(2)19(15(4)23)14(3)21-20/h7-8,10,21H,5-6,9,11H2,1-4H3. The number of ketones is 2. The minimum absolute atomic E-state index is 0.000840. The molecule has 0 fully saturated rings. The number of aromatic nitrogens is 1. The first-order chi connectivity index (χ1) is 11.4. The number of nitrogens with zero attached hydrogens (tertiary/aromatic N) is 1. The van der Waals surface area contributed by atoms with Crippen molar-refractivity contribution in [1.29, 1.82) is 0 Å². The zero-order valence-corrected chi connectivity index (χ0v) is 14.8. The predicted molar refractivity (Wildman–Crippen MR) is 96.3 cm³/mol. The number of Topliss-reactive ketones (excluding diaryl/α,β-unsaturated/α-hetero) is 2. The highest BCUT2D eigenvalue weighted by Gasteiger charge is 2.24. The smallest absolute Gasteiger partial charge is 0.198 e. The summed E-state index contributed by atoms with van der Waals surface area (Å²) in [6, 6.07) is 6.42. The summed E-state index contributed by atoms with van der Waals surface area (Å²) < 4.78 is 0. The SMILES string of the molecule is CC(=O)c1c(C)[nH]c(C(=O)CN2CCCc3cc(C)ccc32)c1C. The summed E-state index contributed by atoms with van der Waals surface area (Å²) in [5, 5.41) is 0. The molecule has 2 aromatic rings. The van der Waals surface area contributed by atoms with E-state index in [0.29, 0.717) is 17.8 Å². The lowest BCUT2D eigenvalue weighted by atomic mass is 9.99. The Morgan fingerprint density at radius 2 is 1.96 bits per heavy atom. The zero-order chi connectivity index (χ0) is 17.4. The second-order valence-corrected chi connectivity index (χ2v) is 6.76. The lowest BCUT2D eigenvalue weighted by Gasteiger charge is -2.31. The van der Waals surface area contributed by atoms with Crippen LogP contribution in [0.1, 0.15) is 56.6 Å². The van der Waals surface area contributed by atoms with E-state index in [-0.39, 0.29) is 11.6 Å². The van der Waals surface area contributed by atoms with Gasteiger partial charge in [0.05, 0.1) is 12.2 Å². The van der Waals surface area contributed by atoms with Crippen molar-refractivity contribution in [2.45, 2.75) is 40.5 Å². The summed E-state index contributed by atoms with van der Waals surface area (Å²) in [7, 11) is 0. The van der Waals surface area contributed by atoms with E-state index in [1.54, 1.807) is 6.92 Å². The minimum atomic E-state index is -0.000840. The van der Waals surface area contributed by atoms with Crippen LogP contribution in [0.25, 0.3) is 0 Å². The third kappa shape index (κ3) is 2.88. The van der Waals surface area contributed by atoms with Crippen molar-refractivity contribution in [2.24, 2.45) is 0 Å². The highest BCUT2D eigenvalue weighted by molar-refractivity contribution is 6.04. The van der Waals surface area contributed by atoms with Crippen molar-refractivity contribution < 1.29 is 9.59 Å². The first kappa shape index (κ1) is 16.5. The number of H-pyrrole nitrogens is 1. The average molecular weight is 324 g/mol. The van der Waals surface area contributed by atoms with Crippen LogP contribution in [0.5, 0.6) is 0 Å². The highest BCUT2D eigenvalue weighted by Crippen LogP contribution is 2.28. The number of hydrogen-bond donors (Lipinski definition) is 1. The minimum Gasteiger partial charge on any atom is -0.364 e. The number of nitrogens with one attached hydrogen (secondary N) is 1. The summed E-state index contributed by atoms with van der Waals surface area (Å²) in [4.78, 5) is 29.9. The number of aromatic amines is 1. The lowest BCUT2D eigenvalue weighted by Crippen LogP contribution is -2.34. The molecule has 0 bridgehead atoms. The van der Waals surface area contributed by atoms with E-state index in [9.17, 15) is 9.59 Å². The fourth-order valence-electron chi connectivity index (χ4n) is 3.78. The molecule has 0 atom stereocenters. The predicted octanol–water partition coefficient (Wildman–Crippen LogP) is 3.78. The molecular weight excluding hydrogens is 300 g/mol. The van der Waals surface area contributed by atoms with Crippen LogP contribution in [-0.2, 0) is 6.42 Å². The number of fused-ring (bicyclic) bond motifs is 1. The summed E-state index contributed by atoms with van der Waals surface area (Å²) in [5.41, 5.74) is 6.49. The van der Waals surface area contributed by atoms with Gasteiger partial charge in [-0.2, -0.15) is 0 Å². The van der Waals surface area contributed by atoms with Crippen LogP contribution < -0.4 is 4.90 Å². The normalized spacial score (nSPS) is 13.8. The molecule has 24 heavy (non-hydrogen) atoms. The Morgan fingerprint density at radius 3 is 2.62 bits per heavy atom. The molecule has 0 unspecified atom stereocenters. The van der Waals surface area contributed by atoms with Gasteiger partial charge in [-0.3, -0.25) is 9.59 Å². The molecule has 0 aliphatic carbocycles. The molecule has 126 valence electrons. The average Bonchev–Trinajstić information content (AvgIpc) is 2.82. The number of aryl methyl sites for hydroxylation is 3. The van der Waals surface area contributed by atoms with E-state index < -0.39 is 0 Å². The summed E-state index contributed by atoms with van der Waals surface area (Å²) in [6.07, 6.45) is 2.13. The maximum atomic E-state index is 12.8. The molecule has 3 rings (SSSR count). The van der Waals surface area contributed by atoms with Gasteiger partial charge in [0.1, 0.15) is 0 Å². The van der Waals surface area contributed by atoms with Gasteiger partial charge in [-0.25, -0.2) is 0 Å². The monoisotopic (exact) mass is 324 g/mol. The van der Waals surface area contributed by atoms with E-state index in [1.807, 2.05) is 13.8 Å². The fraction of sp³-hybridized carbons (Fsp3) is 0.400. The van der Waals surface area contributed by atoms with E-state index in [4.69, 9.17) is 0 Å². The van der Waals surface area contributed by atoms with Crippen LogP contribution in [0.15, 0.2) is 18.2 Å². The van der Waals surface area contributed by atoms with Gasteiger partial charge in [0.25, 0.3) is 0 Å². The number of anilines is 1. The third-order valence-electron chi connectivity index (χ3n) is 4.85. The fourth-order valence-corrected chi connectivity index (χ4v) is 3.78. The Morgan fingerprint density at radius 1 is 1.21 bits per heavy atom. The van der Waals surface area contributed by atoms with Crippen molar-refractivity contribution in [3.63, 3.8) is 0 Å². The quantitative estimate of drug-likeness (QED) is 0.871. The van der Waals surface area contributed by atoms with Gasteiger partial charge in [-0.05, 0) is 57.7 Å². The summed E-state index contributed by atoms with van der Waals surface area (Å²) in [6.45, 7) is 8.56. The number of carbonyl (C=O) groups excluding carboxylic acids is 2. The Bertz CT molecular complexity index is 817. The van der Waals surface area contributed by atoms with Crippen LogP contribution in [0.4, 0.5) is 5.69 Å². The number of benzene rings is 1. The van der Waals surface area contributed by atoms with Crippen LogP contribution in [0, 0.1) is 20.8 Å². The second kappa shape index (κ2) is 6.27. The van der Waals surface area contributed by atoms with Gasteiger partial charge < -0.3 is 9.88 Å². The van der Waals surface area contributed by atoms with E-state index >= 15 is 0 Å². The van der Waals surface area contributed by atoms with Crippen LogP contribution in [0.3, 0.4) is 0 Å². The topological polar surface area (TPSA) is 53.2 Å². The van der Waals surface area contributed by atoms with Gasteiger partial charge >= 0.3 is 0 Å². The third-order valence-corrected chi connectivity index (χ3v) is 4.85. The second-order valence-electron chi connectivity index (χ2n) is 6.76. The highest BCUT2D eigenvalue weighted by atomic mass is 16.1. The Labute approximate surface area is 142 Å². The molecular formula is C20H24N2O2. The van der Waals surface area contributed by atoms with Crippen molar-refractivity contribution in [3.05, 3.63) is 51.8 Å². The molecule has 1 aliphatic heterocycles. The first-order valence-electron chi connectivity index (χ1n) is 8.46. The molecule has 4 nitrogen and oxygen atoms in total. The van der Waals surface area contributed by atoms with E-state index in [1.165, 1.54) is 11.1 Å². The van der Waals surface area contributed by atoms with Crippen molar-refractivity contribution >= 4 is 17.3 Å². The Kier molecular flexibility index (Phi) is 4.31. The van der Waals surface area contributed by atoms with Crippen LogP contribution in [-0.4, -0.2) is 29.6 Å². The van der Waals surface area contributed by atoms with E-state index in [2.05, 4.69) is 35.0 Å². The maximum Gasteiger partial charge on any atom is 0.198 e. The zero-order valence-electron chi connectivity index (χ0n) is 14.8. The van der Waals surface area contributed by atoms with Crippen molar-refractivity contribution in [3.8, 4) is 0 Å². The molecule has 2 heterocycles. The lowest BCUT2D eigenvalue weighted by molar-refractivity contribution is 0.0993. The van der Waals surface area contributed by atoms with Crippen LogP contribution >= 0.6 is 0 Å².